The number of aromatic nitrogens is 3. The third-order valence-electron chi connectivity index (χ3n) is 2.89. The molecular weight excluding hydrogens is 198 g/mol. The summed E-state index contributed by atoms with van der Waals surface area (Å²) < 4.78 is 1.81. The summed E-state index contributed by atoms with van der Waals surface area (Å²) in [6.07, 6.45) is 7.35. The second kappa shape index (κ2) is 2.95. The topological polar surface area (TPSA) is 30.2 Å². The highest BCUT2D eigenvalue weighted by atomic mass is 35.5. The van der Waals surface area contributed by atoms with E-state index >= 15 is 0 Å². The van der Waals surface area contributed by atoms with Gasteiger partial charge in [-0.1, -0.05) is 18.0 Å². The summed E-state index contributed by atoms with van der Waals surface area (Å²) in [5, 5.41) is 5.02. The van der Waals surface area contributed by atoms with Crippen molar-refractivity contribution in [1.82, 2.24) is 14.6 Å². The normalized spacial score (nSPS) is 17.2. The molecule has 0 radical (unpaired) electrons. The number of hydrogen-bond donors (Lipinski definition) is 0. The van der Waals surface area contributed by atoms with Crippen LogP contribution in [0.1, 0.15) is 30.9 Å². The number of nitrogens with zero attached hydrogens (tertiary/aromatic N) is 3. The molecule has 0 amide bonds. The Morgan fingerprint density at radius 1 is 1.43 bits per heavy atom. The zero-order chi connectivity index (χ0) is 9.54. The average molecular weight is 208 g/mol. The van der Waals surface area contributed by atoms with Gasteiger partial charge < -0.3 is 0 Å². The molecule has 0 aromatic carbocycles. The van der Waals surface area contributed by atoms with Crippen molar-refractivity contribution in [2.24, 2.45) is 0 Å². The van der Waals surface area contributed by atoms with Gasteiger partial charge in [0.05, 0.1) is 5.69 Å². The fourth-order valence-electron chi connectivity index (χ4n) is 1.81. The zero-order valence-corrected chi connectivity index (χ0v) is 8.41. The van der Waals surface area contributed by atoms with Gasteiger partial charge in [-0.3, -0.25) is 0 Å². The van der Waals surface area contributed by atoms with Crippen molar-refractivity contribution in [3.05, 3.63) is 29.3 Å². The molecule has 0 spiro atoms. The summed E-state index contributed by atoms with van der Waals surface area (Å²) in [6, 6.07) is 2.05. The fraction of sp³-hybridized carbons (Fsp3) is 0.400. The van der Waals surface area contributed by atoms with Crippen LogP contribution < -0.4 is 0 Å². The third kappa shape index (κ3) is 1.12. The average Bonchev–Trinajstić information content (AvgIpc) is 2.46. The van der Waals surface area contributed by atoms with Crippen molar-refractivity contribution >= 4 is 17.1 Å². The SMILES string of the molecule is Clc1nccn2nc(C3CCC3)cc12. The van der Waals surface area contributed by atoms with Crippen LogP contribution in [0.15, 0.2) is 18.5 Å². The van der Waals surface area contributed by atoms with Gasteiger partial charge in [-0.25, -0.2) is 9.50 Å². The zero-order valence-electron chi connectivity index (χ0n) is 7.65. The van der Waals surface area contributed by atoms with Crippen LogP contribution in [0, 0.1) is 0 Å². The quantitative estimate of drug-likeness (QED) is 0.720. The summed E-state index contributed by atoms with van der Waals surface area (Å²) in [5.74, 6) is 0.644. The van der Waals surface area contributed by atoms with Crippen LogP contribution in [0.3, 0.4) is 0 Å². The first-order valence-corrected chi connectivity index (χ1v) is 5.22. The molecular formula is C10H10ClN3. The third-order valence-corrected chi connectivity index (χ3v) is 3.18. The van der Waals surface area contributed by atoms with Crippen LogP contribution in [0.25, 0.3) is 5.52 Å². The van der Waals surface area contributed by atoms with E-state index in [1.54, 1.807) is 6.20 Å². The minimum Gasteiger partial charge on any atom is -0.241 e. The van der Waals surface area contributed by atoms with Gasteiger partial charge >= 0.3 is 0 Å². The molecule has 2 aromatic heterocycles. The molecule has 1 fully saturated rings. The van der Waals surface area contributed by atoms with Crippen molar-refractivity contribution in [3.8, 4) is 0 Å². The van der Waals surface area contributed by atoms with Gasteiger partial charge in [0, 0.05) is 18.3 Å². The summed E-state index contributed by atoms with van der Waals surface area (Å²) in [4.78, 5) is 4.03. The number of hydrogen-bond acceptors (Lipinski definition) is 2. The molecule has 0 aliphatic heterocycles. The first kappa shape index (κ1) is 8.24. The van der Waals surface area contributed by atoms with E-state index in [4.69, 9.17) is 11.6 Å². The molecule has 3 rings (SSSR count). The Morgan fingerprint density at radius 2 is 2.29 bits per heavy atom. The second-order valence-corrected chi connectivity index (χ2v) is 4.10. The van der Waals surface area contributed by atoms with Crippen LogP contribution in [0.5, 0.6) is 0 Å². The molecule has 0 bridgehead atoms. The Morgan fingerprint density at radius 3 is 2.93 bits per heavy atom. The van der Waals surface area contributed by atoms with Crippen LogP contribution in [0.2, 0.25) is 5.15 Å². The maximum atomic E-state index is 5.96. The standard InChI is InChI=1S/C10H10ClN3/c11-10-9-6-8(7-2-1-3-7)13-14(9)5-4-12-10/h4-7H,1-3H2. The number of fused-ring (bicyclic) bond motifs is 1. The van der Waals surface area contributed by atoms with E-state index in [2.05, 4.69) is 16.1 Å². The molecule has 1 aliphatic rings. The van der Waals surface area contributed by atoms with Gasteiger partial charge in [0.2, 0.25) is 0 Å². The van der Waals surface area contributed by atoms with Crippen molar-refractivity contribution in [2.45, 2.75) is 25.2 Å². The molecule has 2 aromatic rings. The minimum absolute atomic E-state index is 0.533. The monoisotopic (exact) mass is 207 g/mol. The second-order valence-electron chi connectivity index (χ2n) is 3.74. The maximum absolute atomic E-state index is 5.96. The van der Waals surface area contributed by atoms with Crippen LogP contribution in [0.4, 0.5) is 0 Å². The lowest BCUT2D eigenvalue weighted by Gasteiger charge is -2.22. The Labute approximate surface area is 86.7 Å². The fourth-order valence-corrected chi connectivity index (χ4v) is 2.01. The first-order valence-electron chi connectivity index (χ1n) is 4.84. The van der Waals surface area contributed by atoms with E-state index in [-0.39, 0.29) is 0 Å². The molecule has 0 N–H and O–H groups in total. The van der Waals surface area contributed by atoms with Gasteiger partial charge in [-0.15, -0.1) is 0 Å². The lowest BCUT2D eigenvalue weighted by Crippen LogP contribution is -2.09. The summed E-state index contributed by atoms with van der Waals surface area (Å²) in [5.41, 5.74) is 2.07. The highest BCUT2D eigenvalue weighted by Gasteiger charge is 2.22. The predicted octanol–water partition coefficient (Wildman–Crippen LogP) is 2.65. The van der Waals surface area contributed by atoms with E-state index in [9.17, 15) is 0 Å². The summed E-state index contributed by atoms with van der Waals surface area (Å²) in [6.45, 7) is 0. The van der Waals surface area contributed by atoms with Crippen molar-refractivity contribution < 1.29 is 0 Å². The Hall–Kier alpha value is -1.09. The Bertz CT molecular complexity index is 473. The molecule has 0 atom stereocenters. The van der Waals surface area contributed by atoms with Crippen LogP contribution >= 0.6 is 11.6 Å². The van der Waals surface area contributed by atoms with Crippen molar-refractivity contribution in [2.75, 3.05) is 0 Å². The Balaban J connectivity index is 2.15. The van der Waals surface area contributed by atoms with Crippen molar-refractivity contribution in [3.63, 3.8) is 0 Å². The van der Waals surface area contributed by atoms with Gasteiger partial charge in [0.25, 0.3) is 0 Å². The molecule has 72 valence electrons. The molecule has 1 aliphatic carbocycles. The molecule has 14 heavy (non-hydrogen) atoms. The molecule has 3 nitrogen and oxygen atoms in total. The van der Waals surface area contributed by atoms with Gasteiger partial charge in [-0.2, -0.15) is 5.10 Å². The Kier molecular flexibility index (Phi) is 1.74. The maximum Gasteiger partial charge on any atom is 0.154 e. The predicted molar refractivity (Wildman–Crippen MR) is 54.6 cm³/mol. The highest BCUT2D eigenvalue weighted by molar-refractivity contribution is 6.32. The molecule has 0 saturated heterocycles. The summed E-state index contributed by atoms with van der Waals surface area (Å²) >= 11 is 5.96. The van der Waals surface area contributed by atoms with Crippen LogP contribution in [-0.2, 0) is 0 Å². The lowest BCUT2D eigenvalue weighted by molar-refractivity contribution is 0.409. The molecule has 1 saturated carbocycles. The van der Waals surface area contributed by atoms with E-state index in [1.165, 1.54) is 19.3 Å². The molecule has 4 heteroatoms. The minimum atomic E-state index is 0.533. The smallest absolute Gasteiger partial charge is 0.154 e. The van der Waals surface area contributed by atoms with Gasteiger partial charge in [-0.05, 0) is 18.9 Å². The van der Waals surface area contributed by atoms with E-state index in [0.29, 0.717) is 11.1 Å². The van der Waals surface area contributed by atoms with E-state index in [1.807, 2.05) is 10.7 Å². The molecule has 2 heterocycles. The lowest BCUT2D eigenvalue weighted by atomic mass is 9.83. The van der Waals surface area contributed by atoms with Crippen molar-refractivity contribution in [1.29, 1.82) is 0 Å². The highest BCUT2D eigenvalue weighted by Crippen LogP contribution is 2.36. The van der Waals surface area contributed by atoms with E-state index in [0.717, 1.165) is 11.2 Å². The first-order chi connectivity index (χ1) is 6.84. The van der Waals surface area contributed by atoms with Crippen LogP contribution in [-0.4, -0.2) is 14.6 Å². The number of rotatable bonds is 1. The summed E-state index contributed by atoms with van der Waals surface area (Å²) in [7, 11) is 0. The van der Waals surface area contributed by atoms with Gasteiger partial charge in [0.1, 0.15) is 5.52 Å². The van der Waals surface area contributed by atoms with Gasteiger partial charge in [0.15, 0.2) is 5.15 Å². The number of halogens is 1. The molecule has 0 unspecified atom stereocenters. The van der Waals surface area contributed by atoms with E-state index < -0.39 is 0 Å². The largest absolute Gasteiger partial charge is 0.241 e.